The number of piperidine rings is 1. The molecule has 20 heavy (non-hydrogen) atoms. The highest BCUT2D eigenvalue weighted by atomic mass is 32.1. The first-order valence-electron chi connectivity index (χ1n) is 7.30. The summed E-state index contributed by atoms with van der Waals surface area (Å²) in [4.78, 5) is 28.7. The minimum atomic E-state index is -0.222. The smallest absolute Gasteiger partial charge is 0.245 e. The molecule has 0 bridgehead atoms. The molecular weight excluding hydrogens is 272 g/mol. The van der Waals surface area contributed by atoms with Crippen LogP contribution in [-0.2, 0) is 9.59 Å². The van der Waals surface area contributed by atoms with Crippen molar-refractivity contribution in [3.05, 3.63) is 22.4 Å². The van der Waals surface area contributed by atoms with E-state index in [1.54, 1.807) is 11.3 Å². The molecule has 2 aliphatic heterocycles. The van der Waals surface area contributed by atoms with E-state index in [4.69, 9.17) is 0 Å². The van der Waals surface area contributed by atoms with E-state index in [-0.39, 0.29) is 23.9 Å². The molecule has 2 unspecified atom stereocenters. The Morgan fingerprint density at radius 3 is 2.90 bits per heavy atom. The molecule has 2 atom stereocenters. The molecule has 2 amide bonds. The van der Waals surface area contributed by atoms with E-state index in [1.165, 1.54) is 5.56 Å². The standard InChI is InChI=1S/C15H20N2O2S/c1-11(12-6-9-20-10-12)16-8-5-14(18)17-7-3-2-4-13(17)15(16)19/h6,9-11,13H,2-5,7-8H2,1H3. The molecular formula is C15H20N2O2S. The lowest BCUT2D eigenvalue weighted by Gasteiger charge is -2.36. The molecule has 108 valence electrons. The van der Waals surface area contributed by atoms with Gasteiger partial charge in [0.2, 0.25) is 11.8 Å². The number of rotatable bonds is 2. The van der Waals surface area contributed by atoms with Crippen LogP contribution in [0.5, 0.6) is 0 Å². The highest BCUT2D eigenvalue weighted by Gasteiger charge is 2.39. The Labute approximate surface area is 123 Å². The fourth-order valence-electron chi connectivity index (χ4n) is 3.23. The third-order valence-electron chi connectivity index (χ3n) is 4.45. The van der Waals surface area contributed by atoms with Crippen LogP contribution < -0.4 is 0 Å². The highest BCUT2D eigenvalue weighted by molar-refractivity contribution is 7.07. The van der Waals surface area contributed by atoms with E-state index < -0.39 is 0 Å². The van der Waals surface area contributed by atoms with Gasteiger partial charge in [-0.25, -0.2) is 0 Å². The maximum Gasteiger partial charge on any atom is 0.245 e. The number of amides is 2. The third-order valence-corrected chi connectivity index (χ3v) is 5.15. The van der Waals surface area contributed by atoms with Crippen LogP contribution in [0.2, 0.25) is 0 Å². The number of hydrogen-bond acceptors (Lipinski definition) is 3. The van der Waals surface area contributed by atoms with Gasteiger partial charge in [0.15, 0.2) is 0 Å². The maximum absolute atomic E-state index is 12.8. The molecule has 0 N–H and O–H groups in total. The molecule has 3 rings (SSSR count). The first kappa shape index (κ1) is 13.6. The molecule has 0 aromatic carbocycles. The van der Waals surface area contributed by atoms with Crippen LogP contribution >= 0.6 is 11.3 Å². The van der Waals surface area contributed by atoms with Gasteiger partial charge in [0, 0.05) is 19.5 Å². The Kier molecular flexibility index (Phi) is 3.78. The largest absolute Gasteiger partial charge is 0.334 e. The maximum atomic E-state index is 12.8. The molecule has 1 aromatic heterocycles. The second-order valence-corrected chi connectivity index (χ2v) is 6.39. The summed E-state index contributed by atoms with van der Waals surface area (Å²) >= 11 is 1.65. The van der Waals surface area contributed by atoms with Gasteiger partial charge in [0.05, 0.1) is 6.04 Å². The first-order chi connectivity index (χ1) is 9.68. The van der Waals surface area contributed by atoms with Gasteiger partial charge in [-0.1, -0.05) is 0 Å². The van der Waals surface area contributed by atoms with Gasteiger partial charge in [0.1, 0.15) is 6.04 Å². The zero-order chi connectivity index (χ0) is 14.1. The summed E-state index contributed by atoms with van der Waals surface area (Å²) in [5.41, 5.74) is 1.17. The van der Waals surface area contributed by atoms with Gasteiger partial charge < -0.3 is 9.80 Å². The number of nitrogens with zero attached hydrogens (tertiary/aromatic N) is 2. The zero-order valence-electron chi connectivity index (χ0n) is 11.7. The van der Waals surface area contributed by atoms with E-state index in [9.17, 15) is 9.59 Å². The number of carbonyl (C=O) groups is 2. The predicted molar refractivity (Wildman–Crippen MR) is 78.4 cm³/mol. The van der Waals surface area contributed by atoms with Gasteiger partial charge in [-0.3, -0.25) is 9.59 Å². The van der Waals surface area contributed by atoms with E-state index in [0.29, 0.717) is 13.0 Å². The predicted octanol–water partition coefficient (Wildman–Crippen LogP) is 2.42. The summed E-state index contributed by atoms with van der Waals surface area (Å²) in [6, 6.07) is 1.90. The molecule has 1 aromatic rings. The Balaban J connectivity index is 1.85. The van der Waals surface area contributed by atoms with E-state index in [2.05, 4.69) is 18.4 Å². The zero-order valence-corrected chi connectivity index (χ0v) is 12.6. The molecule has 5 heteroatoms. The van der Waals surface area contributed by atoms with Crippen LogP contribution in [0, 0.1) is 0 Å². The van der Waals surface area contributed by atoms with Gasteiger partial charge in [0.25, 0.3) is 0 Å². The normalized spacial score (nSPS) is 25.4. The Morgan fingerprint density at radius 2 is 2.15 bits per heavy atom. The van der Waals surface area contributed by atoms with E-state index in [0.717, 1.165) is 25.8 Å². The second kappa shape index (κ2) is 5.56. The van der Waals surface area contributed by atoms with E-state index in [1.807, 2.05) is 15.2 Å². The highest BCUT2D eigenvalue weighted by Crippen LogP contribution is 2.29. The van der Waals surface area contributed by atoms with Crippen molar-refractivity contribution in [2.75, 3.05) is 13.1 Å². The summed E-state index contributed by atoms with van der Waals surface area (Å²) in [6.07, 6.45) is 3.34. The molecule has 3 heterocycles. The number of fused-ring (bicyclic) bond motifs is 1. The van der Waals surface area contributed by atoms with Crippen molar-refractivity contribution < 1.29 is 9.59 Å². The Morgan fingerprint density at radius 1 is 1.30 bits per heavy atom. The number of carbonyl (C=O) groups excluding carboxylic acids is 2. The van der Waals surface area contributed by atoms with Crippen LogP contribution in [-0.4, -0.2) is 40.7 Å². The van der Waals surface area contributed by atoms with Crippen LogP contribution in [0.25, 0.3) is 0 Å². The number of thiophene rings is 1. The SMILES string of the molecule is CC(c1ccsc1)N1CCC(=O)N2CCCCC2C1=O. The average molecular weight is 292 g/mol. The quantitative estimate of drug-likeness (QED) is 0.840. The molecule has 2 fully saturated rings. The van der Waals surface area contributed by atoms with E-state index >= 15 is 0 Å². The molecule has 0 spiro atoms. The lowest BCUT2D eigenvalue weighted by Crippen LogP contribution is -2.50. The second-order valence-electron chi connectivity index (χ2n) is 5.61. The van der Waals surface area contributed by atoms with Gasteiger partial charge in [-0.05, 0) is 48.6 Å². The van der Waals surface area contributed by atoms with Gasteiger partial charge in [-0.15, -0.1) is 0 Å². The van der Waals surface area contributed by atoms with Crippen molar-refractivity contribution in [2.24, 2.45) is 0 Å². The molecule has 0 aliphatic carbocycles. The summed E-state index contributed by atoms with van der Waals surface area (Å²) in [7, 11) is 0. The molecule has 2 saturated heterocycles. The van der Waals surface area contributed by atoms with Crippen molar-refractivity contribution in [3.8, 4) is 0 Å². The molecule has 2 aliphatic rings. The summed E-state index contributed by atoms with van der Waals surface area (Å²) in [5, 5.41) is 4.12. The monoisotopic (exact) mass is 292 g/mol. The molecule has 0 radical (unpaired) electrons. The lowest BCUT2D eigenvalue weighted by atomic mass is 10.0. The van der Waals surface area contributed by atoms with Crippen molar-refractivity contribution in [3.63, 3.8) is 0 Å². The Bertz CT molecular complexity index is 500. The third kappa shape index (κ3) is 2.35. The minimum absolute atomic E-state index is 0.0587. The Hall–Kier alpha value is -1.36. The van der Waals surface area contributed by atoms with Crippen LogP contribution in [0.15, 0.2) is 16.8 Å². The molecule has 4 nitrogen and oxygen atoms in total. The van der Waals surface area contributed by atoms with Crippen molar-refractivity contribution in [2.45, 2.75) is 44.7 Å². The average Bonchev–Trinajstić information content (AvgIpc) is 2.97. The van der Waals surface area contributed by atoms with Crippen LogP contribution in [0.1, 0.15) is 44.2 Å². The lowest BCUT2D eigenvalue weighted by molar-refractivity contribution is -0.144. The van der Waals surface area contributed by atoms with Crippen molar-refractivity contribution in [1.82, 2.24) is 9.80 Å². The topological polar surface area (TPSA) is 40.6 Å². The number of hydrogen-bond donors (Lipinski definition) is 0. The van der Waals surface area contributed by atoms with Gasteiger partial charge in [-0.2, -0.15) is 11.3 Å². The summed E-state index contributed by atoms with van der Waals surface area (Å²) in [5.74, 6) is 0.275. The summed E-state index contributed by atoms with van der Waals surface area (Å²) < 4.78 is 0. The van der Waals surface area contributed by atoms with Crippen LogP contribution in [0.4, 0.5) is 0 Å². The fraction of sp³-hybridized carbons (Fsp3) is 0.600. The summed E-state index contributed by atoms with van der Waals surface area (Å²) in [6.45, 7) is 3.35. The fourth-order valence-corrected chi connectivity index (χ4v) is 3.97. The van der Waals surface area contributed by atoms with Crippen LogP contribution in [0.3, 0.4) is 0 Å². The van der Waals surface area contributed by atoms with Gasteiger partial charge >= 0.3 is 0 Å². The minimum Gasteiger partial charge on any atom is -0.334 e. The van der Waals surface area contributed by atoms with Crippen molar-refractivity contribution in [1.29, 1.82) is 0 Å². The molecule has 0 saturated carbocycles. The van der Waals surface area contributed by atoms with Crippen molar-refractivity contribution >= 4 is 23.2 Å². The first-order valence-corrected chi connectivity index (χ1v) is 8.25.